The number of rotatable bonds is 2. The molecule has 0 aliphatic heterocycles. The number of hydrogen-bond donors (Lipinski definition) is 2. The lowest BCUT2D eigenvalue weighted by molar-refractivity contribution is 0.986. The van der Waals surface area contributed by atoms with Gasteiger partial charge in [-0.3, -0.25) is 0 Å². The van der Waals surface area contributed by atoms with E-state index in [0.717, 1.165) is 0 Å². The molecule has 1 aromatic carbocycles. The summed E-state index contributed by atoms with van der Waals surface area (Å²) in [6.45, 7) is 0. The molecule has 0 aromatic heterocycles. The van der Waals surface area contributed by atoms with E-state index in [1.54, 1.807) is 18.2 Å². The average molecular weight is 217 g/mol. The van der Waals surface area contributed by atoms with Gasteiger partial charge in [0.25, 0.3) is 0 Å². The van der Waals surface area contributed by atoms with Crippen molar-refractivity contribution in [1.82, 2.24) is 0 Å². The van der Waals surface area contributed by atoms with E-state index in [-0.39, 0.29) is 5.84 Å². The van der Waals surface area contributed by atoms with E-state index in [4.69, 9.17) is 34.5 Å². The summed E-state index contributed by atoms with van der Waals surface area (Å²) in [5, 5.41) is 6.84. The smallest absolute Gasteiger partial charge is 0.156 e. The van der Waals surface area contributed by atoms with Gasteiger partial charge in [0, 0.05) is 5.56 Å². The Labute approximate surface area is 84.8 Å². The molecule has 0 saturated heterocycles. The van der Waals surface area contributed by atoms with Gasteiger partial charge in [0.05, 0.1) is 10.0 Å². The van der Waals surface area contributed by atoms with Crippen LogP contribution in [0.4, 0.5) is 0 Å². The van der Waals surface area contributed by atoms with Crippen LogP contribution in [0.2, 0.25) is 10.0 Å². The first kappa shape index (κ1) is 9.95. The quantitative estimate of drug-likeness (QED) is 0.339. The highest BCUT2D eigenvalue weighted by atomic mass is 35.5. The lowest BCUT2D eigenvalue weighted by Gasteiger charge is -2.02. The Balaban J connectivity index is 3.22. The third-order valence-corrected chi connectivity index (χ3v) is 2.20. The van der Waals surface area contributed by atoms with Crippen LogP contribution in [0, 0.1) is 5.53 Å². The molecule has 0 saturated carbocycles. The largest absolute Gasteiger partial charge is 0.382 e. The Hall–Kier alpha value is -1.13. The number of hydrogen-bond acceptors (Lipinski definition) is 2. The van der Waals surface area contributed by atoms with E-state index < -0.39 is 0 Å². The van der Waals surface area contributed by atoms with Crippen LogP contribution in [-0.2, 0) is 0 Å². The van der Waals surface area contributed by atoms with Crippen molar-refractivity contribution in [3.63, 3.8) is 0 Å². The van der Waals surface area contributed by atoms with E-state index in [2.05, 4.69) is 10.3 Å². The molecule has 0 heterocycles. The van der Waals surface area contributed by atoms with Crippen LogP contribution in [0.1, 0.15) is 5.56 Å². The van der Waals surface area contributed by atoms with Crippen LogP contribution < -0.4 is 5.73 Å². The summed E-state index contributed by atoms with van der Waals surface area (Å²) in [5.74, 6) is 0.0718. The van der Waals surface area contributed by atoms with Crippen molar-refractivity contribution in [3.8, 4) is 0 Å². The summed E-state index contributed by atoms with van der Waals surface area (Å²) in [4.78, 5) is 0. The van der Waals surface area contributed by atoms with Gasteiger partial charge in [0.1, 0.15) is 0 Å². The van der Waals surface area contributed by atoms with E-state index in [1.165, 1.54) is 0 Å². The third-order valence-electron chi connectivity index (χ3n) is 1.39. The maximum atomic E-state index is 6.49. The predicted octanol–water partition coefficient (Wildman–Crippen LogP) is 2.64. The van der Waals surface area contributed by atoms with Crippen molar-refractivity contribution in [2.24, 2.45) is 16.1 Å². The Bertz CT molecular complexity index is 362. The summed E-state index contributed by atoms with van der Waals surface area (Å²) in [6.07, 6.45) is 0. The molecule has 0 spiro atoms. The topological polar surface area (TPSA) is 74.6 Å². The summed E-state index contributed by atoms with van der Waals surface area (Å²) < 4.78 is 0. The molecule has 0 radical (unpaired) electrons. The lowest BCUT2D eigenvalue weighted by Crippen LogP contribution is -2.13. The maximum Gasteiger partial charge on any atom is 0.156 e. The highest BCUT2D eigenvalue weighted by Crippen LogP contribution is 2.25. The highest BCUT2D eigenvalue weighted by molar-refractivity contribution is 6.43. The van der Waals surface area contributed by atoms with Crippen LogP contribution in [0.3, 0.4) is 0 Å². The van der Waals surface area contributed by atoms with E-state index in [9.17, 15) is 0 Å². The molecule has 0 aliphatic rings. The molecular formula is C7H6Cl2N4. The van der Waals surface area contributed by atoms with Gasteiger partial charge in [0.2, 0.25) is 0 Å². The second-order valence-corrected chi connectivity index (χ2v) is 2.97. The summed E-state index contributed by atoms with van der Waals surface area (Å²) >= 11 is 11.6. The van der Waals surface area contributed by atoms with Crippen molar-refractivity contribution in [2.75, 3.05) is 0 Å². The number of halogens is 2. The standard InChI is InChI=1S/C7H6Cl2N4/c8-5-3-1-2-4(6(5)9)7(10)12-13-11/h1-3H,(H3,10,11,12). The van der Waals surface area contributed by atoms with E-state index in [0.29, 0.717) is 15.6 Å². The molecule has 0 unspecified atom stereocenters. The molecule has 0 atom stereocenters. The monoisotopic (exact) mass is 216 g/mol. The van der Waals surface area contributed by atoms with Crippen LogP contribution in [-0.4, -0.2) is 5.84 Å². The molecule has 0 aliphatic carbocycles. The highest BCUT2D eigenvalue weighted by Gasteiger charge is 2.07. The average Bonchev–Trinajstić information content (AvgIpc) is 2.10. The second kappa shape index (κ2) is 4.20. The summed E-state index contributed by atoms with van der Waals surface area (Å²) in [5.41, 5.74) is 12.4. The Morgan fingerprint density at radius 2 is 2.08 bits per heavy atom. The minimum Gasteiger partial charge on any atom is -0.382 e. The van der Waals surface area contributed by atoms with Gasteiger partial charge in [-0.15, -0.1) is 5.10 Å². The number of amidine groups is 1. The molecule has 13 heavy (non-hydrogen) atoms. The first-order valence-corrected chi connectivity index (χ1v) is 4.06. The zero-order chi connectivity index (χ0) is 9.84. The first-order chi connectivity index (χ1) is 6.16. The van der Waals surface area contributed by atoms with Crippen LogP contribution in [0.25, 0.3) is 0 Å². The van der Waals surface area contributed by atoms with Crippen LogP contribution in [0.5, 0.6) is 0 Å². The number of nitrogens with one attached hydrogen (secondary N) is 1. The Morgan fingerprint density at radius 3 is 2.69 bits per heavy atom. The Kier molecular flexibility index (Phi) is 3.22. The molecule has 0 bridgehead atoms. The van der Waals surface area contributed by atoms with Crippen LogP contribution in [0.15, 0.2) is 28.5 Å². The summed E-state index contributed by atoms with van der Waals surface area (Å²) in [7, 11) is 0. The van der Waals surface area contributed by atoms with Crippen molar-refractivity contribution >= 4 is 29.0 Å². The fourth-order valence-corrected chi connectivity index (χ4v) is 1.21. The molecule has 4 nitrogen and oxygen atoms in total. The van der Waals surface area contributed by atoms with Gasteiger partial charge in [-0.25, -0.2) is 0 Å². The van der Waals surface area contributed by atoms with Gasteiger partial charge >= 0.3 is 0 Å². The molecular weight excluding hydrogens is 211 g/mol. The van der Waals surface area contributed by atoms with Crippen molar-refractivity contribution in [2.45, 2.75) is 0 Å². The molecule has 1 rings (SSSR count). The van der Waals surface area contributed by atoms with Gasteiger partial charge in [-0.1, -0.05) is 34.5 Å². The zero-order valence-electron chi connectivity index (χ0n) is 6.46. The maximum absolute atomic E-state index is 6.49. The molecule has 3 N–H and O–H groups in total. The molecule has 6 heteroatoms. The van der Waals surface area contributed by atoms with E-state index >= 15 is 0 Å². The minimum atomic E-state index is 0.0718. The van der Waals surface area contributed by atoms with Crippen molar-refractivity contribution in [3.05, 3.63) is 33.8 Å². The predicted molar refractivity (Wildman–Crippen MR) is 52.3 cm³/mol. The van der Waals surface area contributed by atoms with Gasteiger partial charge < -0.3 is 5.73 Å². The van der Waals surface area contributed by atoms with Gasteiger partial charge in [-0.2, -0.15) is 5.53 Å². The molecule has 0 fully saturated rings. The Morgan fingerprint density at radius 1 is 1.38 bits per heavy atom. The normalized spacial score (nSPS) is 11.4. The summed E-state index contributed by atoms with van der Waals surface area (Å²) in [6, 6.07) is 4.98. The van der Waals surface area contributed by atoms with E-state index in [1.807, 2.05) is 0 Å². The van der Waals surface area contributed by atoms with Crippen molar-refractivity contribution < 1.29 is 0 Å². The van der Waals surface area contributed by atoms with Gasteiger partial charge in [0.15, 0.2) is 5.84 Å². The van der Waals surface area contributed by atoms with Crippen molar-refractivity contribution in [1.29, 1.82) is 5.53 Å². The zero-order valence-corrected chi connectivity index (χ0v) is 7.97. The first-order valence-electron chi connectivity index (χ1n) is 3.31. The number of nitrogens with zero attached hydrogens (tertiary/aromatic N) is 2. The fourth-order valence-electron chi connectivity index (χ4n) is 0.809. The van der Waals surface area contributed by atoms with Gasteiger partial charge in [-0.05, 0) is 12.1 Å². The minimum absolute atomic E-state index is 0.0718. The molecule has 68 valence electrons. The molecule has 1 aromatic rings. The number of benzene rings is 1. The SMILES string of the molecule is N=N/N=C(\N)c1cccc(Cl)c1Cl. The van der Waals surface area contributed by atoms with Crippen LogP contribution >= 0.6 is 23.2 Å². The lowest BCUT2D eigenvalue weighted by atomic mass is 10.2. The third kappa shape index (κ3) is 2.17. The molecule has 0 amide bonds. The fraction of sp³-hybridized carbons (Fsp3) is 0. The second-order valence-electron chi connectivity index (χ2n) is 2.19. The number of nitrogens with two attached hydrogens (primary N) is 1.